The Morgan fingerprint density at radius 2 is 1.78 bits per heavy atom. The van der Waals surface area contributed by atoms with Crippen LogP contribution in [-0.4, -0.2) is 65.5 Å². The molecule has 264 valence electrons. The molecule has 5 heterocycles. The normalized spacial score (nSPS) is 22.3. The summed E-state index contributed by atoms with van der Waals surface area (Å²) in [5.41, 5.74) is -0.930. The number of fused-ring (bicyclic) bond motifs is 6. The molecule has 2 N–H and O–H groups in total. The van der Waals surface area contributed by atoms with E-state index in [4.69, 9.17) is 9.72 Å². The number of sulfonamides is 1. The lowest BCUT2D eigenvalue weighted by atomic mass is 9.80. The molecule has 1 saturated carbocycles. The van der Waals surface area contributed by atoms with Crippen LogP contribution in [0, 0.1) is 11.3 Å². The number of nitrogens with zero attached hydrogens (tertiary/aromatic N) is 5. The summed E-state index contributed by atoms with van der Waals surface area (Å²) in [7, 11) is -4.35. The first kappa shape index (κ1) is 33.8. The van der Waals surface area contributed by atoms with Crippen LogP contribution in [0.3, 0.4) is 0 Å². The van der Waals surface area contributed by atoms with Crippen molar-refractivity contribution in [1.82, 2.24) is 24.5 Å². The first-order valence-electron chi connectivity index (χ1n) is 16.6. The van der Waals surface area contributed by atoms with E-state index >= 15 is 0 Å². The molecular weight excluding hydrogens is 671 g/mol. The topological polar surface area (TPSA) is 131 Å². The number of amides is 1. The lowest BCUT2D eigenvalue weighted by Gasteiger charge is -2.34. The number of hydrogen-bond donors (Lipinski definition) is 2. The van der Waals surface area contributed by atoms with Crippen LogP contribution < -0.4 is 19.7 Å². The summed E-state index contributed by atoms with van der Waals surface area (Å²) < 4.78 is 76.1. The van der Waals surface area contributed by atoms with Crippen LogP contribution in [0.1, 0.15) is 67.8 Å². The molecule has 50 heavy (non-hydrogen) atoms. The first-order chi connectivity index (χ1) is 23.7. The SMILES string of the molecule is CC1(C)CC2CN1c1nc(-n3ccc(OCCC4(C(F)(F)F)CC4)n3)ccc1C(=O)NS(=O)(=O)c1cccc(n1)NCCC2c1ccccc1. The maximum absolute atomic E-state index is 13.8. The number of aromatic nitrogens is 4. The number of rotatable bonds is 6. The minimum Gasteiger partial charge on any atom is -0.477 e. The Kier molecular flexibility index (Phi) is 8.51. The standard InChI is InChI=1S/C35H38F3N7O4S/c1-33(2)21-24-22-44(33)31-26(11-12-28(41-31)45-19-14-29(42-45)49-20-17-34(15-16-34)35(36,37)38)32(46)43-50(47,48)30-10-6-9-27(40-30)39-18-13-25(24)23-7-4-3-5-8-23/h3-12,14,19,24-25H,13,15-18,20-22H2,1-2H3,(H,39,40)(H,43,46). The Bertz CT molecular complexity index is 2000. The fourth-order valence-electron chi connectivity index (χ4n) is 7.20. The van der Waals surface area contributed by atoms with Crippen molar-refractivity contribution < 1.29 is 31.1 Å². The quantitative estimate of drug-likeness (QED) is 0.244. The Labute approximate surface area is 288 Å². The third-order valence-electron chi connectivity index (χ3n) is 10.1. The van der Waals surface area contributed by atoms with Gasteiger partial charge in [0.05, 0.1) is 17.6 Å². The molecule has 1 saturated heterocycles. The van der Waals surface area contributed by atoms with Crippen molar-refractivity contribution in [3.05, 3.63) is 84.1 Å². The van der Waals surface area contributed by atoms with Gasteiger partial charge in [0.25, 0.3) is 15.9 Å². The van der Waals surface area contributed by atoms with Crippen molar-refractivity contribution in [2.45, 2.75) is 68.6 Å². The lowest BCUT2D eigenvalue weighted by molar-refractivity contribution is -0.190. The van der Waals surface area contributed by atoms with E-state index in [1.165, 1.54) is 28.4 Å². The number of pyridine rings is 2. The third-order valence-corrected chi connectivity index (χ3v) is 11.4. The van der Waals surface area contributed by atoms with Gasteiger partial charge in [-0.15, -0.1) is 5.10 Å². The zero-order valence-corrected chi connectivity index (χ0v) is 28.5. The third kappa shape index (κ3) is 6.62. The van der Waals surface area contributed by atoms with Gasteiger partial charge in [0, 0.05) is 30.9 Å². The van der Waals surface area contributed by atoms with Crippen LogP contribution in [0.5, 0.6) is 5.88 Å². The van der Waals surface area contributed by atoms with E-state index in [0.717, 1.165) is 12.8 Å². The van der Waals surface area contributed by atoms with Crippen molar-refractivity contribution in [3.63, 3.8) is 0 Å². The maximum atomic E-state index is 13.8. The minimum absolute atomic E-state index is 0.0528. The lowest BCUT2D eigenvalue weighted by Crippen LogP contribution is -2.41. The zero-order valence-electron chi connectivity index (χ0n) is 27.7. The number of nitrogens with one attached hydrogen (secondary N) is 2. The molecule has 2 unspecified atom stereocenters. The van der Waals surface area contributed by atoms with Crippen LogP contribution in [0.25, 0.3) is 5.82 Å². The van der Waals surface area contributed by atoms with E-state index in [-0.39, 0.29) is 60.0 Å². The highest BCUT2D eigenvalue weighted by molar-refractivity contribution is 7.90. The van der Waals surface area contributed by atoms with Crippen LogP contribution in [0.15, 0.2) is 78.0 Å². The number of carbonyl (C=O) groups is 1. The number of carbonyl (C=O) groups excluding carboxylic acids is 1. The van der Waals surface area contributed by atoms with Crippen LogP contribution in [0.2, 0.25) is 0 Å². The fourth-order valence-corrected chi connectivity index (χ4v) is 8.14. The fraction of sp³-hybridized carbons (Fsp3) is 0.429. The van der Waals surface area contributed by atoms with E-state index in [0.29, 0.717) is 24.7 Å². The van der Waals surface area contributed by atoms with E-state index in [2.05, 4.69) is 51.0 Å². The van der Waals surface area contributed by atoms with E-state index in [9.17, 15) is 26.4 Å². The first-order valence-corrected chi connectivity index (χ1v) is 18.1. The van der Waals surface area contributed by atoms with Crippen LogP contribution in [0.4, 0.5) is 24.8 Å². The van der Waals surface area contributed by atoms with Crippen molar-refractivity contribution in [1.29, 1.82) is 0 Å². The molecule has 15 heteroatoms. The molecule has 4 aromatic rings. The summed E-state index contributed by atoms with van der Waals surface area (Å²) >= 11 is 0. The largest absolute Gasteiger partial charge is 0.477 e. The number of benzene rings is 1. The Hall–Kier alpha value is -4.66. The molecule has 0 radical (unpaired) electrons. The molecule has 11 nitrogen and oxygen atoms in total. The monoisotopic (exact) mass is 709 g/mol. The van der Waals surface area contributed by atoms with Gasteiger partial charge in [-0.1, -0.05) is 36.4 Å². The van der Waals surface area contributed by atoms with Crippen LogP contribution in [-0.2, 0) is 10.0 Å². The van der Waals surface area contributed by atoms with E-state index in [1.807, 2.05) is 18.2 Å². The molecule has 4 bridgehead atoms. The summed E-state index contributed by atoms with van der Waals surface area (Å²) in [5.74, 6) is 0.540. The van der Waals surface area contributed by atoms with Crippen molar-refractivity contribution in [3.8, 4) is 11.7 Å². The molecule has 0 spiro atoms. The average Bonchev–Trinajstić information content (AvgIpc) is 3.62. The number of anilines is 2. The highest BCUT2D eigenvalue weighted by atomic mass is 32.2. The highest BCUT2D eigenvalue weighted by Crippen LogP contribution is 2.59. The number of halogens is 3. The molecule has 3 aliphatic rings. The highest BCUT2D eigenvalue weighted by Gasteiger charge is 2.62. The molecule has 7 rings (SSSR count). The molecule has 1 aliphatic carbocycles. The zero-order chi connectivity index (χ0) is 35.3. The summed E-state index contributed by atoms with van der Waals surface area (Å²) in [6.07, 6.45) is -1.12. The number of ether oxygens (including phenoxy) is 1. The van der Waals surface area contributed by atoms with Gasteiger partial charge in [-0.3, -0.25) is 4.79 Å². The van der Waals surface area contributed by atoms with Crippen molar-refractivity contribution >= 4 is 27.6 Å². The molecule has 2 aliphatic heterocycles. The molecule has 2 fully saturated rings. The van der Waals surface area contributed by atoms with Gasteiger partial charge in [-0.2, -0.15) is 21.6 Å². The Balaban J connectivity index is 1.24. The van der Waals surface area contributed by atoms with Gasteiger partial charge < -0.3 is 15.0 Å². The minimum atomic E-state index is -4.35. The molecule has 3 aromatic heterocycles. The second kappa shape index (κ2) is 12.6. The second-order valence-corrected chi connectivity index (χ2v) is 15.6. The average molecular weight is 710 g/mol. The van der Waals surface area contributed by atoms with Crippen molar-refractivity contribution in [2.24, 2.45) is 11.3 Å². The van der Waals surface area contributed by atoms with E-state index in [1.54, 1.807) is 24.4 Å². The Morgan fingerprint density at radius 1 is 1.00 bits per heavy atom. The summed E-state index contributed by atoms with van der Waals surface area (Å²) in [4.78, 5) is 25.0. The summed E-state index contributed by atoms with van der Waals surface area (Å²) in [6, 6.07) is 19.4. The summed E-state index contributed by atoms with van der Waals surface area (Å²) in [5, 5.41) is 7.37. The molecule has 1 aromatic carbocycles. The van der Waals surface area contributed by atoms with Crippen LogP contribution >= 0.6 is 0 Å². The van der Waals surface area contributed by atoms with Gasteiger partial charge in [-0.25, -0.2) is 19.4 Å². The van der Waals surface area contributed by atoms with Gasteiger partial charge in [0.1, 0.15) is 11.6 Å². The van der Waals surface area contributed by atoms with E-state index < -0.39 is 33.1 Å². The van der Waals surface area contributed by atoms with Crippen molar-refractivity contribution in [2.75, 3.05) is 29.9 Å². The summed E-state index contributed by atoms with van der Waals surface area (Å²) in [6.45, 7) is 5.09. The second-order valence-electron chi connectivity index (χ2n) is 13.9. The predicted octanol–water partition coefficient (Wildman–Crippen LogP) is 6.10. The predicted molar refractivity (Wildman–Crippen MR) is 180 cm³/mol. The van der Waals surface area contributed by atoms with Gasteiger partial charge in [0.15, 0.2) is 10.8 Å². The number of alkyl halides is 3. The molecular formula is C35H38F3N7O4S. The smallest absolute Gasteiger partial charge is 0.394 e. The maximum Gasteiger partial charge on any atom is 0.394 e. The Morgan fingerprint density at radius 3 is 2.52 bits per heavy atom. The molecule has 1 amide bonds. The molecule has 2 atom stereocenters. The van der Waals surface area contributed by atoms with Gasteiger partial charge >= 0.3 is 6.18 Å². The van der Waals surface area contributed by atoms with Gasteiger partial charge in [0.2, 0.25) is 5.88 Å². The number of hydrogen-bond acceptors (Lipinski definition) is 9. The van der Waals surface area contributed by atoms with Gasteiger partial charge in [-0.05, 0) is 87.6 Å².